The summed E-state index contributed by atoms with van der Waals surface area (Å²) in [4.78, 5) is 21.1. The Morgan fingerprint density at radius 2 is 2.06 bits per heavy atom. The molecule has 1 amide bonds. The second-order valence-corrected chi connectivity index (χ2v) is 7.74. The number of hydrogen-bond acceptors (Lipinski definition) is 9. The van der Waals surface area contributed by atoms with Crippen molar-refractivity contribution in [2.75, 3.05) is 17.2 Å². The Bertz CT molecular complexity index is 1360. The van der Waals surface area contributed by atoms with Crippen LogP contribution in [0, 0.1) is 0 Å². The molecular formula is C21H21BN8O3. The van der Waals surface area contributed by atoms with Crippen LogP contribution in [0.5, 0.6) is 0 Å². The molecule has 33 heavy (non-hydrogen) atoms. The number of nitrogens with two attached hydrogens (primary N) is 1. The van der Waals surface area contributed by atoms with Crippen molar-refractivity contribution in [3.8, 4) is 11.5 Å². The summed E-state index contributed by atoms with van der Waals surface area (Å²) >= 11 is 0. The summed E-state index contributed by atoms with van der Waals surface area (Å²) in [6, 6.07) is 12.1. The molecule has 0 saturated heterocycles. The molecule has 166 valence electrons. The van der Waals surface area contributed by atoms with Crippen LogP contribution >= 0.6 is 0 Å². The van der Waals surface area contributed by atoms with E-state index in [1.807, 2.05) is 6.07 Å². The van der Waals surface area contributed by atoms with Crippen molar-refractivity contribution in [3.63, 3.8) is 0 Å². The fourth-order valence-corrected chi connectivity index (χ4v) is 3.90. The SMILES string of the molecule is NC(=O)c1cccc2c(-c3nc4c(c(NCc5cccc(B(O)O)c5)n3)CCCN4)nnn12. The van der Waals surface area contributed by atoms with E-state index in [1.54, 1.807) is 36.4 Å². The molecule has 0 bridgehead atoms. The van der Waals surface area contributed by atoms with E-state index >= 15 is 0 Å². The average Bonchev–Trinajstić information content (AvgIpc) is 3.26. The molecule has 0 aliphatic carbocycles. The van der Waals surface area contributed by atoms with Gasteiger partial charge in [-0.1, -0.05) is 35.5 Å². The number of hydrogen-bond donors (Lipinski definition) is 5. The highest BCUT2D eigenvalue weighted by molar-refractivity contribution is 6.58. The first-order valence-electron chi connectivity index (χ1n) is 10.5. The molecule has 0 saturated carbocycles. The van der Waals surface area contributed by atoms with Crippen LogP contribution in [0.15, 0.2) is 42.5 Å². The molecule has 6 N–H and O–H groups in total. The third-order valence-corrected chi connectivity index (χ3v) is 5.52. The maximum absolute atomic E-state index is 11.7. The summed E-state index contributed by atoms with van der Waals surface area (Å²) in [5, 5.41) is 33.8. The highest BCUT2D eigenvalue weighted by atomic mass is 16.4. The van der Waals surface area contributed by atoms with E-state index in [1.165, 1.54) is 4.52 Å². The summed E-state index contributed by atoms with van der Waals surface area (Å²) < 4.78 is 1.38. The van der Waals surface area contributed by atoms with E-state index in [9.17, 15) is 14.8 Å². The van der Waals surface area contributed by atoms with Crippen molar-refractivity contribution in [1.82, 2.24) is 24.8 Å². The van der Waals surface area contributed by atoms with Gasteiger partial charge in [-0.15, -0.1) is 5.10 Å². The molecule has 12 heteroatoms. The molecule has 3 aromatic heterocycles. The minimum absolute atomic E-state index is 0.214. The molecule has 5 rings (SSSR count). The fourth-order valence-electron chi connectivity index (χ4n) is 3.90. The van der Waals surface area contributed by atoms with Gasteiger partial charge in [-0.2, -0.15) is 0 Å². The van der Waals surface area contributed by atoms with Crippen molar-refractivity contribution in [3.05, 3.63) is 59.3 Å². The number of rotatable bonds is 6. The van der Waals surface area contributed by atoms with Gasteiger partial charge in [-0.3, -0.25) is 4.79 Å². The van der Waals surface area contributed by atoms with Gasteiger partial charge in [0.05, 0.1) is 5.52 Å². The first kappa shape index (κ1) is 20.9. The zero-order valence-electron chi connectivity index (χ0n) is 17.6. The number of anilines is 2. The summed E-state index contributed by atoms with van der Waals surface area (Å²) in [7, 11) is -1.53. The lowest BCUT2D eigenvalue weighted by Crippen LogP contribution is -2.30. The predicted octanol–water partition coefficient (Wildman–Crippen LogP) is -0.0648. The smallest absolute Gasteiger partial charge is 0.423 e. The zero-order valence-corrected chi connectivity index (χ0v) is 17.6. The summed E-state index contributed by atoms with van der Waals surface area (Å²) in [5.41, 5.74) is 8.93. The lowest BCUT2D eigenvalue weighted by atomic mass is 9.79. The molecule has 4 aromatic rings. The predicted molar refractivity (Wildman–Crippen MR) is 123 cm³/mol. The molecule has 0 unspecified atom stereocenters. The molecule has 11 nitrogen and oxygen atoms in total. The van der Waals surface area contributed by atoms with Gasteiger partial charge >= 0.3 is 7.12 Å². The number of primary amides is 1. The Balaban J connectivity index is 1.54. The first-order valence-corrected chi connectivity index (χ1v) is 10.5. The number of aromatic nitrogens is 5. The van der Waals surface area contributed by atoms with Crippen LogP contribution in [0.2, 0.25) is 0 Å². The third kappa shape index (κ3) is 3.97. The number of fused-ring (bicyclic) bond motifs is 2. The highest BCUT2D eigenvalue weighted by Crippen LogP contribution is 2.30. The highest BCUT2D eigenvalue weighted by Gasteiger charge is 2.22. The lowest BCUT2D eigenvalue weighted by molar-refractivity contribution is 0.0993. The second kappa shape index (κ2) is 8.49. The van der Waals surface area contributed by atoms with Crippen molar-refractivity contribution < 1.29 is 14.8 Å². The monoisotopic (exact) mass is 444 g/mol. The molecule has 4 heterocycles. The minimum Gasteiger partial charge on any atom is -0.423 e. The molecule has 0 fully saturated rings. The summed E-state index contributed by atoms with van der Waals surface area (Å²) in [6.45, 7) is 1.23. The van der Waals surface area contributed by atoms with Gasteiger partial charge in [0.1, 0.15) is 17.3 Å². The summed E-state index contributed by atoms with van der Waals surface area (Å²) in [5.74, 6) is 1.13. The van der Waals surface area contributed by atoms with Crippen molar-refractivity contribution >= 4 is 35.6 Å². The van der Waals surface area contributed by atoms with Crippen LogP contribution in [0.4, 0.5) is 11.6 Å². The van der Waals surface area contributed by atoms with E-state index in [2.05, 4.69) is 25.9 Å². The normalized spacial score (nSPS) is 12.8. The molecular weight excluding hydrogens is 423 g/mol. The van der Waals surface area contributed by atoms with Gasteiger partial charge in [0, 0.05) is 18.7 Å². The number of carbonyl (C=O) groups is 1. The van der Waals surface area contributed by atoms with E-state index in [4.69, 9.17) is 10.7 Å². The standard InChI is InChI=1S/C21H21BN8O3/c23-18(31)16-8-2-7-15-17(28-29-30(15)16)21-26-19-14(6-3-9-24-19)20(27-21)25-11-12-4-1-5-13(10-12)22(32)33/h1-2,4-5,7-8,10,32-33H,3,6,9,11H2,(H2,23,31)(H2,24,25,26,27). The Morgan fingerprint density at radius 1 is 1.21 bits per heavy atom. The van der Waals surface area contributed by atoms with Crippen molar-refractivity contribution in [2.24, 2.45) is 5.73 Å². The van der Waals surface area contributed by atoms with Gasteiger partial charge < -0.3 is 26.4 Å². The number of amides is 1. The van der Waals surface area contributed by atoms with Gasteiger partial charge in [0.15, 0.2) is 11.5 Å². The Kier molecular flexibility index (Phi) is 5.36. The van der Waals surface area contributed by atoms with Gasteiger partial charge in [0.2, 0.25) is 0 Å². The Labute approximate surface area is 188 Å². The molecule has 1 aromatic carbocycles. The Hall–Kier alpha value is -4.03. The number of pyridine rings is 1. The first-order chi connectivity index (χ1) is 16.0. The van der Waals surface area contributed by atoms with Crippen LogP contribution in [0.25, 0.3) is 17.0 Å². The quantitative estimate of drug-likeness (QED) is 0.256. The maximum Gasteiger partial charge on any atom is 0.488 e. The molecule has 0 radical (unpaired) electrons. The van der Waals surface area contributed by atoms with Crippen LogP contribution in [-0.4, -0.2) is 54.4 Å². The van der Waals surface area contributed by atoms with Crippen molar-refractivity contribution in [1.29, 1.82) is 0 Å². The van der Waals surface area contributed by atoms with Crippen LogP contribution in [0.1, 0.15) is 28.0 Å². The topological polar surface area (TPSA) is 164 Å². The third-order valence-electron chi connectivity index (χ3n) is 5.52. The van der Waals surface area contributed by atoms with Crippen LogP contribution in [0.3, 0.4) is 0 Å². The number of benzene rings is 1. The van der Waals surface area contributed by atoms with E-state index in [0.29, 0.717) is 34.9 Å². The fraction of sp³-hybridized carbons (Fsp3) is 0.190. The van der Waals surface area contributed by atoms with Gasteiger partial charge in [-0.05, 0) is 36.0 Å². The molecule has 1 aliphatic heterocycles. The average molecular weight is 444 g/mol. The lowest BCUT2D eigenvalue weighted by Gasteiger charge is -2.21. The second-order valence-electron chi connectivity index (χ2n) is 7.74. The zero-order chi connectivity index (χ0) is 22.9. The maximum atomic E-state index is 11.7. The largest absolute Gasteiger partial charge is 0.488 e. The number of nitrogens with one attached hydrogen (secondary N) is 2. The van der Waals surface area contributed by atoms with E-state index in [-0.39, 0.29) is 5.69 Å². The van der Waals surface area contributed by atoms with Gasteiger partial charge in [-0.25, -0.2) is 14.5 Å². The van der Waals surface area contributed by atoms with E-state index in [0.717, 1.165) is 36.3 Å². The van der Waals surface area contributed by atoms with Crippen molar-refractivity contribution in [2.45, 2.75) is 19.4 Å². The molecule has 0 atom stereocenters. The molecule has 1 aliphatic rings. The molecule has 0 spiro atoms. The minimum atomic E-state index is -1.53. The number of nitrogens with zero attached hydrogens (tertiary/aromatic N) is 5. The summed E-state index contributed by atoms with van der Waals surface area (Å²) in [6.07, 6.45) is 1.77. The Morgan fingerprint density at radius 3 is 2.88 bits per heavy atom. The van der Waals surface area contributed by atoms with Crippen LogP contribution in [-0.2, 0) is 13.0 Å². The van der Waals surface area contributed by atoms with Crippen LogP contribution < -0.4 is 21.8 Å². The van der Waals surface area contributed by atoms with Gasteiger partial charge in [0.25, 0.3) is 5.91 Å². The van der Waals surface area contributed by atoms with E-state index < -0.39 is 13.0 Å². The number of carbonyl (C=O) groups excluding carboxylic acids is 1.